The highest BCUT2D eigenvalue weighted by molar-refractivity contribution is 6.09. The molecule has 112 valence electrons. The van der Waals surface area contributed by atoms with Crippen LogP contribution in [-0.2, 0) is 0 Å². The highest BCUT2D eigenvalue weighted by Crippen LogP contribution is 2.25. The number of carbonyl (C=O) groups excluding carboxylic acids is 1. The van der Waals surface area contributed by atoms with Gasteiger partial charge in [-0.2, -0.15) is 0 Å². The summed E-state index contributed by atoms with van der Waals surface area (Å²) in [6.07, 6.45) is -0.533. The van der Waals surface area contributed by atoms with Crippen molar-refractivity contribution in [3.05, 3.63) is 48.2 Å². The van der Waals surface area contributed by atoms with E-state index < -0.39 is 6.10 Å². The number of aromatic amines is 1. The molecule has 1 amide bonds. The zero-order chi connectivity index (χ0) is 15.1. The van der Waals surface area contributed by atoms with Crippen LogP contribution in [0.3, 0.4) is 0 Å². The third kappa shape index (κ3) is 2.15. The lowest BCUT2D eigenvalue weighted by Crippen LogP contribution is -2.42. The Morgan fingerprint density at radius 3 is 2.82 bits per heavy atom. The number of aliphatic hydroxyl groups excluding tert-OH is 1. The van der Waals surface area contributed by atoms with Crippen molar-refractivity contribution in [1.82, 2.24) is 15.6 Å². The minimum Gasteiger partial charge on any atom is -0.390 e. The Kier molecular flexibility index (Phi) is 3.10. The lowest BCUT2D eigenvalue weighted by Gasteiger charge is -2.14. The van der Waals surface area contributed by atoms with Gasteiger partial charge >= 0.3 is 0 Å². The van der Waals surface area contributed by atoms with Gasteiger partial charge in [-0.1, -0.05) is 30.3 Å². The van der Waals surface area contributed by atoms with E-state index >= 15 is 0 Å². The van der Waals surface area contributed by atoms with Crippen molar-refractivity contribution < 1.29 is 9.90 Å². The topological polar surface area (TPSA) is 77.2 Å². The monoisotopic (exact) mass is 295 g/mol. The Morgan fingerprint density at radius 1 is 1.14 bits per heavy atom. The Labute approximate surface area is 127 Å². The summed E-state index contributed by atoms with van der Waals surface area (Å²) in [6.45, 7) is 1.11. The van der Waals surface area contributed by atoms with Crippen molar-refractivity contribution in [2.75, 3.05) is 13.1 Å². The quantitative estimate of drug-likeness (QED) is 0.577. The molecule has 0 bridgehead atoms. The standard InChI is InChI=1S/C17H17N3O2/c21-16-9-18-8-15(16)20-17(22)14-7-12-11-4-2-1-3-10(11)5-6-13(12)19-14/h1-7,15-16,18-19,21H,8-9H2,(H,20,22)/t15-,16+/m0/s1. The average Bonchev–Trinajstić information content (AvgIpc) is 3.14. The number of amides is 1. The third-order valence-electron chi connectivity index (χ3n) is 4.27. The number of β-amino-alcohol motifs (C(OH)–C–C–N with tert-alkyl or cyclic N) is 1. The largest absolute Gasteiger partial charge is 0.390 e. The second-order valence-electron chi connectivity index (χ2n) is 5.74. The summed E-state index contributed by atoms with van der Waals surface area (Å²) < 4.78 is 0. The normalized spacial score (nSPS) is 21.5. The molecule has 1 aliphatic rings. The van der Waals surface area contributed by atoms with Crippen LogP contribution in [0.4, 0.5) is 0 Å². The van der Waals surface area contributed by atoms with Crippen molar-refractivity contribution in [2.45, 2.75) is 12.1 Å². The number of carbonyl (C=O) groups is 1. The number of H-pyrrole nitrogens is 1. The number of aromatic nitrogens is 1. The van der Waals surface area contributed by atoms with Gasteiger partial charge in [0.05, 0.1) is 12.1 Å². The van der Waals surface area contributed by atoms with Crippen LogP contribution in [0.2, 0.25) is 0 Å². The van der Waals surface area contributed by atoms with E-state index in [0.717, 1.165) is 21.7 Å². The summed E-state index contributed by atoms with van der Waals surface area (Å²) in [7, 11) is 0. The van der Waals surface area contributed by atoms with Gasteiger partial charge in [-0.05, 0) is 22.9 Å². The van der Waals surface area contributed by atoms with Gasteiger partial charge in [0.1, 0.15) is 5.69 Å². The van der Waals surface area contributed by atoms with Crippen LogP contribution in [0.5, 0.6) is 0 Å². The van der Waals surface area contributed by atoms with Gasteiger partial charge in [0.15, 0.2) is 0 Å². The molecule has 1 fully saturated rings. The number of aliphatic hydroxyl groups is 1. The highest BCUT2D eigenvalue weighted by atomic mass is 16.3. The van der Waals surface area contributed by atoms with Gasteiger partial charge in [0.25, 0.3) is 5.91 Å². The molecular formula is C17H17N3O2. The average molecular weight is 295 g/mol. The maximum Gasteiger partial charge on any atom is 0.268 e. The summed E-state index contributed by atoms with van der Waals surface area (Å²) >= 11 is 0. The SMILES string of the molecule is O=C(N[C@H]1CNC[C@H]1O)c1cc2c(ccc3ccccc32)[nH]1. The zero-order valence-electron chi connectivity index (χ0n) is 12.0. The van der Waals surface area contributed by atoms with Crippen LogP contribution in [0.25, 0.3) is 21.7 Å². The first-order chi connectivity index (χ1) is 10.7. The van der Waals surface area contributed by atoms with Gasteiger partial charge in [0.2, 0.25) is 0 Å². The van der Waals surface area contributed by atoms with Gasteiger partial charge in [-0.15, -0.1) is 0 Å². The van der Waals surface area contributed by atoms with Crippen molar-refractivity contribution in [1.29, 1.82) is 0 Å². The molecule has 22 heavy (non-hydrogen) atoms. The molecule has 3 aromatic rings. The van der Waals surface area contributed by atoms with E-state index in [2.05, 4.69) is 27.8 Å². The second kappa shape index (κ2) is 5.12. The highest BCUT2D eigenvalue weighted by Gasteiger charge is 2.27. The van der Waals surface area contributed by atoms with E-state index in [-0.39, 0.29) is 11.9 Å². The fraction of sp³-hybridized carbons (Fsp3) is 0.235. The Balaban J connectivity index is 1.70. The van der Waals surface area contributed by atoms with E-state index in [1.54, 1.807) is 0 Å². The number of rotatable bonds is 2. The maximum absolute atomic E-state index is 12.4. The van der Waals surface area contributed by atoms with Gasteiger partial charge in [-0.25, -0.2) is 0 Å². The smallest absolute Gasteiger partial charge is 0.268 e. The number of nitrogens with one attached hydrogen (secondary N) is 3. The molecule has 2 aromatic carbocycles. The van der Waals surface area contributed by atoms with E-state index in [9.17, 15) is 9.90 Å². The Morgan fingerprint density at radius 2 is 2.00 bits per heavy atom. The van der Waals surface area contributed by atoms with Crippen molar-refractivity contribution >= 4 is 27.6 Å². The van der Waals surface area contributed by atoms with E-state index in [4.69, 9.17) is 0 Å². The maximum atomic E-state index is 12.4. The predicted molar refractivity (Wildman–Crippen MR) is 85.9 cm³/mol. The number of hydrogen-bond donors (Lipinski definition) is 4. The number of hydrogen-bond acceptors (Lipinski definition) is 3. The number of fused-ring (bicyclic) bond motifs is 3. The molecule has 2 heterocycles. The molecular weight excluding hydrogens is 278 g/mol. The molecule has 5 heteroatoms. The van der Waals surface area contributed by atoms with E-state index in [1.807, 2.05) is 30.3 Å². The Hall–Kier alpha value is -2.37. The molecule has 4 N–H and O–H groups in total. The molecule has 1 saturated heterocycles. The van der Waals surface area contributed by atoms with Crippen LogP contribution < -0.4 is 10.6 Å². The van der Waals surface area contributed by atoms with Crippen LogP contribution in [-0.4, -0.2) is 41.2 Å². The summed E-state index contributed by atoms with van der Waals surface area (Å²) in [4.78, 5) is 15.5. The first-order valence-corrected chi connectivity index (χ1v) is 7.42. The van der Waals surface area contributed by atoms with Crippen LogP contribution in [0, 0.1) is 0 Å². The molecule has 0 saturated carbocycles. The van der Waals surface area contributed by atoms with E-state index in [1.165, 1.54) is 0 Å². The van der Waals surface area contributed by atoms with Crippen LogP contribution >= 0.6 is 0 Å². The van der Waals surface area contributed by atoms with Crippen molar-refractivity contribution in [3.63, 3.8) is 0 Å². The molecule has 1 aliphatic heterocycles. The fourth-order valence-corrected chi connectivity index (χ4v) is 3.07. The second-order valence-corrected chi connectivity index (χ2v) is 5.74. The molecule has 0 spiro atoms. The van der Waals surface area contributed by atoms with Gasteiger partial charge in [-0.3, -0.25) is 4.79 Å². The summed E-state index contributed by atoms with van der Waals surface area (Å²) in [5, 5.41) is 19.0. The van der Waals surface area contributed by atoms with Crippen LogP contribution in [0.15, 0.2) is 42.5 Å². The van der Waals surface area contributed by atoms with Crippen molar-refractivity contribution in [3.8, 4) is 0 Å². The third-order valence-corrected chi connectivity index (χ3v) is 4.27. The number of benzene rings is 2. The molecule has 0 aliphatic carbocycles. The van der Waals surface area contributed by atoms with Gasteiger partial charge in [0, 0.05) is 24.0 Å². The fourth-order valence-electron chi connectivity index (χ4n) is 3.07. The van der Waals surface area contributed by atoms with Crippen LogP contribution in [0.1, 0.15) is 10.5 Å². The zero-order valence-corrected chi connectivity index (χ0v) is 12.0. The molecule has 0 unspecified atom stereocenters. The molecule has 4 rings (SSSR count). The minimum absolute atomic E-state index is 0.187. The Bertz CT molecular complexity index is 855. The molecule has 0 radical (unpaired) electrons. The molecule has 5 nitrogen and oxygen atoms in total. The summed E-state index contributed by atoms with van der Waals surface area (Å²) in [5.41, 5.74) is 1.46. The summed E-state index contributed by atoms with van der Waals surface area (Å²) in [6, 6.07) is 13.8. The first-order valence-electron chi connectivity index (χ1n) is 7.42. The van der Waals surface area contributed by atoms with Gasteiger partial charge < -0.3 is 20.7 Å². The summed E-state index contributed by atoms with van der Waals surface area (Å²) in [5.74, 6) is -0.187. The van der Waals surface area contributed by atoms with E-state index in [0.29, 0.717) is 18.8 Å². The molecule has 1 aromatic heterocycles. The van der Waals surface area contributed by atoms with Crippen molar-refractivity contribution in [2.24, 2.45) is 0 Å². The first kappa shape index (κ1) is 13.3. The lowest BCUT2D eigenvalue weighted by atomic mass is 10.1. The lowest BCUT2D eigenvalue weighted by molar-refractivity contribution is 0.0884. The minimum atomic E-state index is -0.533. The molecule has 2 atom stereocenters. The predicted octanol–water partition coefficient (Wildman–Crippen LogP) is 1.38.